The molecule has 368 valence electrons. The van der Waals surface area contributed by atoms with Crippen LogP contribution in [0, 0.1) is 0 Å². The van der Waals surface area contributed by atoms with E-state index in [2.05, 4.69) is 280 Å². The molecule has 1 heterocycles. The van der Waals surface area contributed by atoms with Crippen LogP contribution in [-0.4, -0.2) is 0 Å². The highest BCUT2D eigenvalue weighted by Gasteiger charge is 2.40. The Labute approximate surface area is 455 Å². The average Bonchev–Trinajstić information content (AvgIpc) is 4.31. The van der Waals surface area contributed by atoms with Crippen LogP contribution in [0.15, 0.2) is 237 Å². The first-order valence-electron chi connectivity index (χ1n) is 27.2. The van der Waals surface area contributed by atoms with Gasteiger partial charge in [0, 0.05) is 64.9 Å². The van der Waals surface area contributed by atoms with Crippen molar-refractivity contribution in [1.29, 1.82) is 0 Å². The lowest BCUT2D eigenvalue weighted by atomic mass is 9.82. The van der Waals surface area contributed by atoms with Crippen molar-refractivity contribution in [3.05, 3.63) is 270 Å². The van der Waals surface area contributed by atoms with E-state index in [0.29, 0.717) is 0 Å². The van der Waals surface area contributed by atoms with Crippen molar-refractivity contribution >= 4 is 82.5 Å². The molecule has 0 unspecified atom stereocenters. The maximum atomic E-state index is 2.52. The van der Waals surface area contributed by atoms with E-state index in [-0.39, 0.29) is 10.8 Å². The van der Waals surface area contributed by atoms with E-state index in [9.17, 15) is 0 Å². The molecule has 0 spiro atoms. The molecule has 1 aromatic heterocycles. The third-order valence-electron chi connectivity index (χ3n) is 17.3. The second-order valence-electron chi connectivity index (χ2n) is 22.3. The maximum absolute atomic E-state index is 2.52. The summed E-state index contributed by atoms with van der Waals surface area (Å²) in [5.41, 5.74) is 24.5. The Bertz CT molecular complexity index is 4230. The number of hydrogen-bond acceptors (Lipinski definition) is 3. The number of rotatable bonds is 8. The van der Waals surface area contributed by atoms with Gasteiger partial charge in [0.05, 0.1) is 11.4 Å². The van der Waals surface area contributed by atoms with Crippen LogP contribution in [0.3, 0.4) is 0 Å². The predicted molar refractivity (Wildman–Crippen MR) is 330 cm³/mol. The van der Waals surface area contributed by atoms with E-state index in [1.807, 2.05) is 11.3 Å². The van der Waals surface area contributed by atoms with Crippen LogP contribution in [0.4, 0.5) is 34.1 Å². The highest BCUT2D eigenvalue weighted by molar-refractivity contribution is 7.26. The molecule has 0 saturated carbocycles. The Morgan fingerprint density at radius 1 is 0.390 bits per heavy atom. The first-order chi connectivity index (χ1) is 37.7. The van der Waals surface area contributed by atoms with Crippen molar-refractivity contribution in [2.24, 2.45) is 0 Å². The normalized spacial score (nSPS) is 14.3. The lowest BCUT2D eigenvalue weighted by molar-refractivity contribution is 0.660. The first kappa shape index (κ1) is 45.6. The minimum atomic E-state index is -0.168. The van der Waals surface area contributed by atoms with Crippen molar-refractivity contribution < 1.29 is 0 Å². The van der Waals surface area contributed by atoms with Crippen LogP contribution < -0.4 is 9.80 Å². The van der Waals surface area contributed by atoms with Crippen molar-refractivity contribution in [2.45, 2.75) is 51.4 Å². The summed E-state index contributed by atoms with van der Waals surface area (Å²) in [4.78, 5) is 5.04. The lowest BCUT2D eigenvalue weighted by Gasteiger charge is -2.32. The number of thiophene rings is 1. The number of nitrogens with zero attached hydrogens (tertiary/aromatic N) is 2. The molecule has 0 bridgehead atoms. The summed E-state index contributed by atoms with van der Waals surface area (Å²) in [6.07, 6.45) is 6.90. The SMILES string of the molecule is CC1(C)c2ccccc2-c2c(N(c3ccccc3)c3cc(-c4cccc(-c5cccc6sc7c8ccccc8c8c(c7c56)C=CCC8)c4)cc(N(c4ccccc4)c4cccc5c4-c4ccccc4C5(C)C)c3)cccc21. The number of benzene rings is 11. The summed E-state index contributed by atoms with van der Waals surface area (Å²) in [7, 11) is 0. The molecule has 0 fully saturated rings. The van der Waals surface area contributed by atoms with Crippen molar-refractivity contribution in [2.75, 3.05) is 9.80 Å². The fourth-order valence-corrected chi connectivity index (χ4v) is 15.0. The van der Waals surface area contributed by atoms with Crippen molar-refractivity contribution in [1.82, 2.24) is 0 Å². The van der Waals surface area contributed by atoms with Crippen LogP contribution >= 0.6 is 11.3 Å². The molecule has 77 heavy (non-hydrogen) atoms. The van der Waals surface area contributed by atoms with Gasteiger partial charge in [-0.1, -0.05) is 204 Å². The fourth-order valence-electron chi connectivity index (χ4n) is 13.7. The first-order valence-corrected chi connectivity index (χ1v) is 28.0. The molecule has 0 atom stereocenters. The molecule has 0 amide bonds. The Kier molecular flexibility index (Phi) is 10.3. The summed E-state index contributed by atoms with van der Waals surface area (Å²) in [5.74, 6) is 0. The summed E-state index contributed by atoms with van der Waals surface area (Å²) in [5, 5.41) is 5.48. The van der Waals surface area contributed by atoms with Crippen LogP contribution in [0.1, 0.15) is 67.5 Å². The van der Waals surface area contributed by atoms with Crippen molar-refractivity contribution in [3.63, 3.8) is 0 Å². The van der Waals surface area contributed by atoms with Crippen LogP contribution in [-0.2, 0) is 17.3 Å². The van der Waals surface area contributed by atoms with E-state index in [1.165, 1.54) is 97.7 Å². The number of para-hydroxylation sites is 2. The second kappa shape index (κ2) is 17.4. The Balaban J connectivity index is 1.00. The highest BCUT2D eigenvalue weighted by atomic mass is 32.1. The van der Waals surface area contributed by atoms with E-state index >= 15 is 0 Å². The monoisotopic (exact) mass is 1000 g/mol. The van der Waals surface area contributed by atoms with Gasteiger partial charge in [0.1, 0.15) is 0 Å². The van der Waals surface area contributed by atoms with Crippen molar-refractivity contribution in [3.8, 4) is 44.5 Å². The number of anilines is 6. The van der Waals surface area contributed by atoms with Crippen LogP contribution in [0.25, 0.3) is 81.5 Å². The third-order valence-corrected chi connectivity index (χ3v) is 18.4. The minimum Gasteiger partial charge on any atom is -0.310 e. The van der Waals surface area contributed by atoms with Gasteiger partial charge in [0.25, 0.3) is 0 Å². The molecule has 0 N–H and O–H groups in total. The Hall–Kier alpha value is -8.76. The molecule has 0 aliphatic heterocycles. The maximum Gasteiger partial charge on any atom is 0.0543 e. The molecule has 3 aliphatic rings. The number of fused-ring (bicyclic) bond motifs is 14. The van der Waals surface area contributed by atoms with Gasteiger partial charge in [-0.2, -0.15) is 0 Å². The Morgan fingerprint density at radius 3 is 1.52 bits per heavy atom. The molecule has 15 rings (SSSR count). The molecular formula is C74H56N2S. The summed E-state index contributed by atoms with van der Waals surface area (Å²) in [6, 6.07) is 86.6. The van der Waals surface area contributed by atoms with Gasteiger partial charge in [0.15, 0.2) is 0 Å². The van der Waals surface area contributed by atoms with Gasteiger partial charge in [-0.3, -0.25) is 0 Å². The van der Waals surface area contributed by atoms with Gasteiger partial charge in [-0.25, -0.2) is 0 Å². The highest BCUT2D eigenvalue weighted by Crippen LogP contribution is 2.57. The van der Waals surface area contributed by atoms with Gasteiger partial charge < -0.3 is 9.80 Å². The number of hydrogen-bond donors (Lipinski definition) is 0. The van der Waals surface area contributed by atoms with E-state index in [1.54, 1.807) is 0 Å². The fraction of sp³-hybridized carbons (Fsp3) is 0.108. The standard InChI is InChI=1S/C74H56N2S/c1-73(2)61-36-17-15-33-59(61)68-63(73)38-21-40-65(68)75(50-25-7-5-8-26-50)52-44-49(45-53(46-52)76(51-27-9-6-10-28-51)66-41-22-39-64-69(66)60-34-16-18-37-62(60)74(64,3)4)47-23-19-24-48(43-47)54-35-20-42-67-70(54)71-57-31-13-11-29-55(57)56-30-12-14-32-58(56)72(71)77-67/h5-10,12-28,30-46H,11,29H2,1-4H3. The lowest BCUT2D eigenvalue weighted by Crippen LogP contribution is -2.17. The van der Waals surface area contributed by atoms with E-state index in [0.717, 1.165) is 58.1 Å². The Morgan fingerprint density at radius 2 is 0.896 bits per heavy atom. The van der Waals surface area contributed by atoms with E-state index < -0.39 is 0 Å². The summed E-state index contributed by atoms with van der Waals surface area (Å²) >= 11 is 1.94. The molecule has 0 radical (unpaired) electrons. The van der Waals surface area contributed by atoms with Crippen LogP contribution in [0.2, 0.25) is 0 Å². The molecule has 0 saturated heterocycles. The zero-order valence-electron chi connectivity index (χ0n) is 43.8. The number of aryl methyl sites for hydroxylation is 1. The molecule has 3 heteroatoms. The molecule has 11 aromatic carbocycles. The zero-order chi connectivity index (χ0) is 51.6. The van der Waals surface area contributed by atoms with Gasteiger partial charge in [-0.05, 0) is 157 Å². The van der Waals surface area contributed by atoms with Gasteiger partial charge in [-0.15, -0.1) is 11.3 Å². The molecular weight excluding hydrogens is 949 g/mol. The smallest absolute Gasteiger partial charge is 0.0543 e. The largest absolute Gasteiger partial charge is 0.310 e. The third kappa shape index (κ3) is 6.93. The topological polar surface area (TPSA) is 6.48 Å². The number of allylic oxidation sites excluding steroid dienone is 1. The quantitative estimate of drug-likeness (QED) is 0.150. The zero-order valence-corrected chi connectivity index (χ0v) is 44.6. The summed E-state index contributed by atoms with van der Waals surface area (Å²) < 4.78 is 2.70. The molecule has 12 aromatic rings. The second-order valence-corrected chi connectivity index (χ2v) is 23.3. The predicted octanol–water partition coefficient (Wildman–Crippen LogP) is 21.1. The van der Waals surface area contributed by atoms with Gasteiger partial charge >= 0.3 is 0 Å². The van der Waals surface area contributed by atoms with Crippen LogP contribution in [0.5, 0.6) is 0 Å². The average molecular weight is 1010 g/mol. The minimum absolute atomic E-state index is 0.168. The summed E-state index contributed by atoms with van der Waals surface area (Å²) in [6.45, 7) is 9.51. The molecule has 2 nitrogen and oxygen atoms in total. The molecule has 3 aliphatic carbocycles. The van der Waals surface area contributed by atoms with Gasteiger partial charge in [0.2, 0.25) is 0 Å². The van der Waals surface area contributed by atoms with E-state index in [4.69, 9.17) is 0 Å².